The van der Waals surface area contributed by atoms with Crippen LogP contribution in [-0.4, -0.2) is 43.5 Å². The van der Waals surface area contributed by atoms with Crippen LogP contribution >= 0.6 is 0 Å². The number of hydrogen-bond donors (Lipinski definition) is 0. The number of amides is 1. The first-order valence-electron chi connectivity index (χ1n) is 15.7. The van der Waals surface area contributed by atoms with Gasteiger partial charge in [-0.1, -0.05) is 24.3 Å². The van der Waals surface area contributed by atoms with Crippen molar-refractivity contribution in [2.45, 2.75) is 85.4 Å². The number of benzene rings is 3. The van der Waals surface area contributed by atoms with Crippen LogP contribution in [0, 0.1) is 0 Å². The molecule has 0 bridgehead atoms. The largest absolute Gasteiger partial charge is 0.497 e. The summed E-state index contributed by atoms with van der Waals surface area (Å²) in [6.07, 6.45) is 0.952. The van der Waals surface area contributed by atoms with E-state index >= 15 is 0 Å². The third-order valence-corrected chi connectivity index (χ3v) is 8.48. The number of fused-ring (bicyclic) bond motifs is 1. The van der Waals surface area contributed by atoms with Gasteiger partial charge in [-0.25, -0.2) is 0 Å². The molecule has 0 spiro atoms. The Bertz CT molecular complexity index is 1550. The summed E-state index contributed by atoms with van der Waals surface area (Å²) in [5, 5.41) is 0. The maximum atomic E-state index is 14.1. The van der Waals surface area contributed by atoms with E-state index in [0.717, 1.165) is 45.5 Å². The van der Waals surface area contributed by atoms with Gasteiger partial charge in [0.15, 0.2) is 5.78 Å². The van der Waals surface area contributed by atoms with Crippen molar-refractivity contribution in [3.05, 3.63) is 83.6 Å². The summed E-state index contributed by atoms with van der Waals surface area (Å²) in [7, 11) is 1.65. The van der Waals surface area contributed by atoms with Crippen LogP contribution < -0.4 is 24.2 Å². The summed E-state index contributed by atoms with van der Waals surface area (Å²) in [6, 6.07) is 22.9. The van der Waals surface area contributed by atoms with Crippen LogP contribution in [-0.2, 0) is 9.59 Å². The molecule has 1 unspecified atom stereocenters. The van der Waals surface area contributed by atoms with Crippen molar-refractivity contribution < 1.29 is 19.1 Å². The lowest BCUT2D eigenvalue weighted by Crippen LogP contribution is -2.37. The normalized spacial score (nSPS) is 16.7. The summed E-state index contributed by atoms with van der Waals surface area (Å²) < 4.78 is 11.9. The second kappa shape index (κ2) is 12.8. The number of allylic oxidation sites excluding steroid dienone is 1. The zero-order valence-corrected chi connectivity index (χ0v) is 27.3. The molecule has 7 heteroatoms. The fourth-order valence-corrected chi connectivity index (χ4v) is 6.67. The summed E-state index contributed by atoms with van der Waals surface area (Å²) in [6.45, 7) is 14.6. The van der Waals surface area contributed by atoms with E-state index in [-0.39, 0.29) is 30.3 Å². The zero-order valence-electron chi connectivity index (χ0n) is 27.3. The Balaban J connectivity index is 1.74. The SMILES string of the molecule is COc1ccc(C2CC(=O)C3=C(C2)N(c2ccc(N(C(C)C)C(C)C)cc2OC(C)C)c2ccccc2N(C(C)=O)C3)cc1. The molecule has 1 aliphatic heterocycles. The average molecular weight is 596 g/mol. The van der Waals surface area contributed by atoms with Crippen molar-refractivity contribution in [1.29, 1.82) is 0 Å². The number of ketones is 1. The summed E-state index contributed by atoms with van der Waals surface area (Å²) >= 11 is 0. The molecule has 0 saturated heterocycles. The van der Waals surface area contributed by atoms with Gasteiger partial charge in [-0.2, -0.15) is 0 Å². The number of carbonyl (C=O) groups excluding carboxylic acids is 2. The standard InChI is InChI=1S/C37H45N3O4/c1-23(2)39(24(3)4)29-15-18-34(37(21-29)44-25(5)6)40-33-12-10-9-11-32(33)38(26(7)41)22-31-35(40)19-28(20-36(31)42)27-13-16-30(43-8)17-14-27/h9-18,21,23-25,28H,19-20,22H2,1-8H3. The van der Waals surface area contributed by atoms with Crippen molar-refractivity contribution in [3.63, 3.8) is 0 Å². The average Bonchev–Trinajstić information content (AvgIpc) is 3.12. The summed E-state index contributed by atoms with van der Waals surface area (Å²) in [5.41, 5.74) is 6.22. The maximum absolute atomic E-state index is 14.1. The van der Waals surface area contributed by atoms with Gasteiger partial charge in [-0.05, 0) is 95.8 Å². The summed E-state index contributed by atoms with van der Waals surface area (Å²) in [4.78, 5) is 33.4. The lowest BCUT2D eigenvalue weighted by Gasteiger charge is -2.37. The van der Waals surface area contributed by atoms with E-state index in [2.05, 4.69) is 55.7 Å². The Labute approximate surface area is 262 Å². The molecule has 0 saturated carbocycles. The Morgan fingerprint density at radius 3 is 2.11 bits per heavy atom. The third-order valence-electron chi connectivity index (χ3n) is 8.48. The molecule has 7 nitrogen and oxygen atoms in total. The van der Waals surface area contributed by atoms with Crippen molar-refractivity contribution in [1.82, 2.24) is 0 Å². The van der Waals surface area contributed by atoms with Crippen molar-refractivity contribution in [2.24, 2.45) is 0 Å². The maximum Gasteiger partial charge on any atom is 0.224 e. The minimum absolute atomic E-state index is 0.0168. The van der Waals surface area contributed by atoms with E-state index in [9.17, 15) is 9.59 Å². The quantitative estimate of drug-likeness (QED) is 0.263. The predicted octanol–water partition coefficient (Wildman–Crippen LogP) is 8.01. The smallest absolute Gasteiger partial charge is 0.224 e. The van der Waals surface area contributed by atoms with Crippen LogP contribution in [0.5, 0.6) is 11.5 Å². The predicted molar refractivity (Wildman–Crippen MR) is 179 cm³/mol. The molecule has 1 amide bonds. The molecule has 3 aromatic rings. The van der Waals surface area contributed by atoms with E-state index in [1.54, 1.807) is 18.9 Å². The van der Waals surface area contributed by atoms with Gasteiger partial charge in [-0.3, -0.25) is 9.59 Å². The van der Waals surface area contributed by atoms with E-state index < -0.39 is 0 Å². The second-order valence-corrected chi connectivity index (χ2v) is 12.6. The molecule has 1 heterocycles. The molecule has 1 aliphatic carbocycles. The topological polar surface area (TPSA) is 62.3 Å². The van der Waals surface area contributed by atoms with Crippen LogP contribution in [0.15, 0.2) is 78.0 Å². The van der Waals surface area contributed by atoms with Gasteiger partial charge in [0, 0.05) is 48.5 Å². The van der Waals surface area contributed by atoms with E-state index in [1.807, 2.05) is 62.4 Å². The molecular formula is C37H45N3O4. The highest BCUT2D eigenvalue weighted by Crippen LogP contribution is 2.50. The molecule has 0 N–H and O–H groups in total. The molecule has 0 aromatic heterocycles. The van der Waals surface area contributed by atoms with E-state index in [0.29, 0.717) is 30.5 Å². The number of anilines is 4. The first-order chi connectivity index (χ1) is 21.0. The number of para-hydroxylation sites is 2. The molecule has 5 rings (SSSR count). The lowest BCUT2D eigenvalue weighted by atomic mass is 9.81. The lowest BCUT2D eigenvalue weighted by molar-refractivity contribution is -0.116. The van der Waals surface area contributed by atoms with Gasteiger partial charge in [0.2, 0.25) is 5.91 Å². The van der Waals surface area contributed by atoms with Crippen LogP contribution in [0.2, 0.25) is 0 Å². The highest BCUT2D eigenvalue weighted by Gasteiger charge is 2.38. The molecule has 0 fully saturated rings. The van der Waals surface area contributed by atoms with Gasteiger partial charge in [0.25, 0.3) is 0 Å². The fraction of sp³-hybridized carbons (Fsp3) is 0.405. The minimum Gasteiger partial charge on any atom is -0.497 e. The molecular weight excluding hydrogens is 550 g/mol. The van der Waals surface area contributed by atoms with Crippen LogP contribution in [0.4, 0.5) is 22.7 Å². The Kier molecular flexibility index (Phi) is 9.05. The molecule has 1 atom stereocenters. The highest BCUT2D eigenvalue weighted by atomic mass is 16.5. The van der Waals surface area contributed by atoms with Gasteiger partial charge in [0.1, 0.15) is 11.5 Å². The second-order valence-electron chi connectivity index (χ2n) is 12.6. The monoisotopic (exact) mass is 595 g/mol. The molecule has 44 heavy (non-hydrogen) atoms. The molecule has 2 aliphatic rings. The van der Waals surface area contributed by atoms with E-state index in [1.165, 1.54) is 0 Å². The van der Waals surface area contributed by atoms with Gasteiger partial charge >= 0.3 is 0 Å². The van der Waals surface area contributed by atoms with Crippen LogP contribution in [0.1, 0.15) is 72.8 Å². The number of carbonyl (C=O) groups is 2. The van der Waals surface area contributed by atoms with Crippen LogP contribution in [0.3, 0.4) is 0 Å². The summed E-state index contributed by atoms with van der Waals surface area (Å²) in [5.74, 6) is 1.46. The Hall–Kier alpha value is -4.26. The number of hydrogen-bond acceptors (Lipinski definition) is 6. The van der Waals surface area contributed by atoms with Crippen molar-refractivity contribution in [2.75, 3.05) is 28.4 Å². The fourth-order valence-electron chi connectivity index (χ4n) is 6.67. The van der Waals surface area contributed by atoms with Gasteiger partial charge < -0.3 is 24.2 Å². The molecule has 3 aromatic carbocycles. The Morgan fingerprint density at radius 2 is 1.52 bits per heavy atom. The molecule has 232 valence electrons. The zero-order chi connectivity index (χ0) is 31.7. The third kappa shape index (κ3) is 6.05. The van der Waals surface area contributed by atoms with Gasteiger partial charge in [-0.15, -0.1) is 0 Å². The minimum atomic E-state index is -0.102. The Morgan fingerprint density at radius 1 is 0.864 bits per heavy atom. The number of nitrogens with zero attached hydrogens (tertiary/aromatic N) is 3. The number of methoxy groups -OCH3 is 1. The van der Waals surface area contributed by atoms with Crippen LogP contribution in [0.25, 0.3) is 0 Å². The van der Waals surface area contributed by atoms with Crippen molar-refractivity contribution >= 4 is 34.4 Å². The first-order valence-corrected chi connectivity index (χ1v) is 15.7. The first kappa shape index (κ1) is 31.2. The number of ether oxygens (including phenoxy) is 2. The molecule has 0 radical (unpaired) electrons. The highest BCUT2D eigenvalue weighted by molar-refractivity contribution is 6.06. The number of Topliss-reactive ketones (excluding diaryl/α,β-unsaturated/α-hetero) is 1. The number of rotatable bonds is 8. The van der Waals surface area contributed by atoms with E-state index in [4.69, 9.17) is 9.47 Å². The van der Waals surface area contributed by atoms with Gasteiger partial charge in [0.05, 0.1) is 36.8 Å². The van der Waals surface area contributed by atoms with Crippen molar-refractivity contribution in [3.8, 4) is 11.5 Å².